The molecule has 2 nitrogen and oxygen atoms in total. The van der Waals surface area contributed by atoms with Crippen molar-refractivity contribution < 1.29 is 9.53 Å². The highest BCUT2D eigenvalue weighted by atomic mass is 16.5. The quantitative estimate of drug-likeness (QED) is 0.833. The highest BCUT2D eigenvalue weighted by Gasteiger charge is 2.48. The molecule has 0 radical (unpaired) electrons. The largest absolute Gasteiger partial charge is 0.497 e. The Hall–Kier alpha value is -2.09. The van der Waals surface area contributed by atoms with E-state index >= 15 is 0 Å². The summed E-state index contributed by atoms with van der Waals surface area (Å²) < 4.78 is 5.47. The Morgan fingerprint density at radius 3 is 2.75 bits per heavy atom. The smallest absolute Gasteiger partial charge is 0.147 e. The van der Waals surface area contributed by atoms with E-state index in [1.54, 1.807) is 7.11 Å². The summed E-state index contributed by atoms with van der Waals surface area (Å²) in [6, 6.07) is 16.8. The zero-order valence-corrected chi connectivity index (χ0v) is 14.3. The van der Waals surface area contributed by atoms with Crippen LogP contribution < -0.4 is 4.74 Å². The number of ketones is 1. The lowest BCUT2D eigenvalue weighted by atomic mass is 9.61. The first kappa shape index (κ1) is 15.4. The third kappa shape index (κ3) is 2.45. The third-order valence-corrected chi connectivity index (χ3v) is 5.90. The van der Waals surface area contributed by atoms with Crippen LogP contribution in [-0.2, 0) is 23.1 Å². The number of fused-ring (bicyclic) bond motifs is 4. The zero-order valence-electron chi connectivity index (χ0n) is 14.3. The topological polar surface area (TPSA) is 26.3 Å². The summed E-state index contributed by atoms with van der Waals surface area (Å²) in [5.74, 6) is 1.51. The van der Waals surface area contributed by atoms with Crippen LogP contribution in [0.2, 0.25) is 0 Å². The van der Waals surface area contributed by atoms with Crippen molar-refractivity contribution in [2.24, 2.45) is 5.92 Å². The molecule has 124 valence electrons. The number of hydrogen-bond donors (Lipinski definition) is 0. The molecule has 24 heavy (non-hydrogen) atoms. The Kier molecular flexibility index (Phi) is 3.91. The number of methoxy groups -OCH3 is 1. The van der Waals surface area contributed by atoms with Crippen LogP contribution in [-0.4, -0.2) is 12.9 Å². The molecule has 2 heteroatoms. The zero-order chi connectivity index (χ0) is 16.6. The molecule has 0 aliphatic heterocycles. The van der Waals surface area contributed by atoms with Gasteiger partial charge in [0.25, 0.3) is 0 Å². The molecular weight excluding hydrogens is 296 g/mol. The van der Waals surface area contributed by atoms with Crippen LogP contribution in [0, 0.1) is 5.92 Å². The first-order valence-electron chi connectivity index (χ1n) is 8.98. The molecule has 0 aromatic heterocycles. The molecule has 0 spiro atoms. The SMILES string of the molecule is COc1ccc2c(c1)C1(Cc3ccccc3)CCCCC(C2)C1=O. The second kappa shape index (κ2) is 6.08. The molecule has 2 unspecified atom stereocenters. The van der Waals surface area contributed by atoms with Crippen LogP contribution in [0.1, 0.15) is 42.4 Å². The lowest BCUT2D eigenvalue weighted by molar-refractivity contribution is -0.129. The highest BCUT2D eigenvalue weighted by molar-refractivity contribution is 5.95. The lowest BCUT2D eigenvalue weighted by Gasteiger charge is -2.40. The molecule has 2 aliphatic rings. The number of Topliss-reactive ketones (excluding diaryl/α,β-unsaturated/α-hetero) is 1. The van der Waals surface area contributed by atoms with Gasteiger partial charge in [-0.05, 0) is 54.5 Å². The minimum absolute atomic E-state index is 0.192. The van der Waals surface area contributed by atoms with Gasteiger partial charge < -0.3 is 4.74 Å². The monoisotopic (exact) mass is 320 g/mol. The fourth-order valence-electron chi connectivity index (χ4n) is 4.71. The van der Waals surface area contributed by atoms with E-state index in [9.17, 15) is 4.79 Å². The summed E-state index contributed by atoms with van der Waals surface area (Å²) in [6.07, 6.45) is 6.00. The van der Waals surface area contributed by atoms with Crippen LogP contribution in [0.4, 0.5) is 0 Å². The molecule has 0 saturated heterocycles. The van der Waals surface area contributed by atoms with Gasteiger partial charge in [0.05, 0.1) is 12.5 Å². The average Bonchev–Trinajstić information content (AvgIpc) is 2.72. The minimum Gasteiger partial charge on any atom is -0.497 e. The van der Waals surface area contributed by atoms with Crippen LogP contribution in [0.3, 0.4) is 0 Å². The molecule has 2 aromatic carbocycles. The van der Waals surface area contributed by atoms with Crippen molar-refractivity contribution in [1.82, 2.24) is 0 Å². The van der Waals surface area contributed by atoms with Gasteiger partial charge in [-0.25, -0.2) is 0 Å². The van der Waals surface area contributed by atoms with Gasteiger partial charge in [-0.3, -0.25) is 4.79 Å². The summed E-state index contributed by atoms with van der Waals surface area (Å²) in [5, 5.41) is 0. The van der Waals surface area contributed by atoms with Crippen LogP contribution >= 0.6 is 0 Å². The molecule has 0 N–H and O–H groups in total. The summed E-state index contributed by atoms with van der Waals surface area (Å²) in [4.78, 5) is 13.5. The van der Waals surface area contributed by atoms with Gasteiger partial charge in [-0.2, -0.15) is 0 Å². The summed E-state index contributed by atoms with van der Waals surface area (Å²) >= 11 is 0. The molecule has 2 bridgehead atoms. The molecular formula is C22H24O2. The summed E-state index contributed by atoms with van der Waals surface area (Å²) in [6.45, 7) is 0. The van der Waals surface area contributed by atoms with Crippen molar-refractivity contribution in [3.63, 3.8) is 0 Å². The van der Waals surface area contributed by atoms with Gasteiger partial charge in [0, 0.05) is 5.92 Å². The van der Waals surface area contributed by atoms with E-state index in [0.717, 1.165) is 44.3 Å². The molecule has 2 aromatic rings. The van der Waals surface area contributed by atoms with E-state index in [-0.39, 0.29) is 11.3 Å². The maximum absolute atomic E-state index is 13.5. The van der Waals surface area contributed by atoms with Crippen molar-refractivity contribution in [3.8, 4) is 5.75 Å². The van der Waals surface area contributed by atoms with Crippen molar-refractivity contribution >= 4 is 5.78 Å². The average molecular weight is 320 g/mol. The van der Waals surface area contributed by atoms with E-state index in [4.69, 9.17) is 4.74 Å². The number of hydrogen-bond acceptors (Lipinski definition) is 2. The predicted octanol–water partition coefficient (Wildman–Crippen LogP) is 4.49. The maximum Gasteiger partial charge on any atom is 0.147 e. The fourth-order valence-corrected chi connectivity index (χ4v) is 4.71. The van der Waals surface area contributed by atoms with Gasteiger partial charge >= 0.3 is 0 Å². The Labute approximate surface area is 143 Å². The molecule has 1 saturated carbocycles. The second-order valence-corrected chi connectivity index (χ2v) is 7.28. The number of rotatable bonds is 3. The first-order valence-corrected chi connectivity index (χ1v) is 8.98. The van der Waals surface area contributed by atoms with Gasteiger partial charge in [0.1, 0.15) is 11.5 Å². The van der Waals surface area contributed by atoms with Crippen LogP contribution in [0.15, 0.2) is 48.5 Å². The predicted molar refractivity (Wildman–Crippen MR) is 95.5 cm³/mol. The summed E-state index contributed by atoms with van der Waals surface area (Å²) in [7, 11) is 1.70. The van der Waals surface area contributed by atoms with Crippen LogP contribution in [0.5, 0.6) is 5.75 Å². The lowest BCUT2D eigenvalue weighted by Crippen LogP contribution is -2.45. The maximum atomic E-state index is 13.5. The number of carbonyl (C=O) groups is 1. The fraction of sp³-hybridized carbons (Fsp3) is 0.409. The Morgan fingerprint density at radius 1 is 1.12 bits per heavy atom. The number of ether oxygens (including phenoxy) is 1. The van der Waals surface area contributed by atoms with Crippen molar-refractivity contribution in [1.29, 1.82) is 0 Å². The van der Waals surface area contributed by atoms with E-state index in [2.05, 4.69) is 36.4 Å². The van der Waals surface area contributed by atoms with E-state index in [1.807, 2.05) is 12.1 Å². The number of carbonyl (C=O) groups excluding carboxylic acids is 1. The van der Waals surface area contributed by atoms with Gasteiger partial charge in [0.15, 0.2) is 0 Å². The Balaban J connectivity index is 1.88. The third-order valence-electron chi connectivity index (χ3n) is 5.90. The van der Waals surface area contributed by atoms with Crippen LogP contribution in [0.25, 0.3) is 0 Å². The van der Waals surface area contributed by atoms with E-state index < -0.39 is 0 Å². The Morgan fingerprint density at radius 2 is 1.96 bits per heavy atom. The molecule has 4 rings (SSSR count). The Bertz CT molecular complexity index is 750. The van der Waals surface area contributed by atoms with E-state index in [0.29, 0.717) is 5.78 Å². The van der Waals surface area contributed by atoms with E-state index in [1.165, 1.54) is 16.7 Å². The molecule has 1 fully saturated rings. The number of benzene rings is 2. The van der Waals surface area contributed by atoms with Gasteiger partial charge in [0.2, 0.25) is 0 Å². The normalized spacial score (nSPS) is 25.7. The summed E-state index contributed by atoms with van der Waals surface area (Å²) in [5.41, 5.74) is 3.44. The van der Waals surface area contributed by atoms with Crippen molar-refractivity contribution in [2.45, 2.75) is 43.9 Å². The first-order chi connectivity index (χ1) is 11.7. The minimum atomic E-state index is -0.370. The highest BCUT2D eigenvalue weighted by Crippen LogP contribution is 2.47. The van der Waals surface area contributed by atoms with Crippen molar-refractivity contribution in [3.05, 3.63) is 65.2 Å². The standard InChI is InChI=1S/C22H24O2/c1-24-19-11-10-17-13-18-9-5-6-12-22(21(18)23,20(17)14-19)15-16-7-3-2-4-8-16/h2-4,7-8,10-11,14,18H,5-6,9,12-13,15H2,1H3. The molecule has 2 aliphatic carbocycles. The van der Waals surface area contributed by atoms with Gasteiger partial charge in [-0.1, -0.05) is 49.2 Å². The molecule has 0 amide bonds. The molecule has 2 atom stereocenters. The van der Waals surface area contributed by atoms with Crippen molar-refractivity contribution in [2.75, 3.05) is 7.11 Å². The molecule has 0 heterocycles. The second-order valence-electron chi connectivity index (χ2n) is 7.28. The van der Waals surface area contributed by atoms with Gasteiger partial charge in [-0.15, -0.1) is 0 Å².